The molecule has 0 amide bonds. The van der Waals surface area contributed by atoms with Gasteiger partial charge in [-0.15, -0.1) is 33.8 Å². The molecule has 3 aliphatic carbocycles. The summed E-state index contributed by atoms with van der Waals surface area (Å²) in [6.07, 6.45) is 9.24. The number of rotatable bonds is 0. The summed E-state index contributed by atoms with van der Waals surface area (Å²) in [5, 5.41) is 0. The van der Waals surface area contributed by atoms with Crippen molar-refractivity contribution < 1.29 is 9.59 Å². The second-order valence-corrected chi connectivity index (χ2v) is 32.9. The van der Waals surface area contributed by atoms with Crippen molar-refractivity contribution in [2.45, 2.75) is 133 Å². The highest BCUT2D eigenvalue weighted by Gasteiger charge is 2.60. The van der Waals surface area contributed by atoms with Gasteiger partial charge in [-0.1, -0.05) is 159 Å². The van der Waals surface area contributed by atoms with Gasteiger partial charge in [0, 0.05) is 22.3 Å². The monoisotopic (exact) mass is 764 g/mol. The molecule has 2 aromatic heterocycles. The molecule has 0 saturated heterocycles. The summed E-state index contributed by atoms with van der Waals surface area (Å²) in [4.78, 5) is 33.9. The van der Waals surface area contributed by atoms with Gasteiger partial charge in [0.2, 0.25) is 0 Å². The van der Waals surface area contributed by atoms with Crippen LogP contribution in [0.15, 0.2) is 58.7 Å². The molecule has 0 fully saturated rings. The fraction of sp³-hybridized carbons (Fsp3) is 0.522. The SMILES string of the molecule is CC(C)(C)C1=CC2(C=C(C(C)(C)C)C1=O)c1cc(C#C[Si](C)(C)C)sc1-c1sc(C#C[Si](C)(C)C)cc1C21C=C(C(C)(C)C)C(=O)C(C(C)(C)C)=C1. The van der Waals surface area contributed by atoms with Crippen molar-refractivity contribution in [1.29, 1.82) is 0 Å². The lowest BCUT2D eigenvalue weighted by atomic mass is 9.47. The van der Waals surface area contributed by atoms with Crippen LogP contribution in [0.2, 0.25) is 39.3 Å². The Morgan fingerprint density at radius 3 is 0.942 bits per heavy atom. The zero-order valence-electron chi connectivity index (χ0n) is 35.1. The van der Waals surface area contributed by atoms with E-state index < -0.39 is 48.6 Å². The van der Waals surface area contributed by atoms with Crippen LogP contribution in [0.4, 0.5) is 0 Å². The Labute approximate surface area is 325 Å². The molecular formula is C46H60O2S2Si2. The number of hydrogen-bond acceptors (Lipinski definition) is 4. The molecule has 2 heterocycles. The number of carbonyl (C=O) groups is 2. The topological polar surface area (TPSA) is 34.1 Å². The summed E-state index contributed by atoms with van der Waals surface area (Å²) >= 11 is 3.54. The number of hydrogen-bond donors (Lipinski definition) is 0. The van der Waals surface area contributed by atoms with Gasteiger partial charge in [0.25, 0.3) is 0 Å². The maximum absolute atomic E-state index is 14.7. The molecule has 0 atom stereocenters. The third-order valence-electron chi connectivity index (χ3n) is 10.1. The average Bonchev–Trinajstić information content (AvgIpc) is 3.57. The fourth-order valence-electron chi connectivity index (χ4n) is 7.36. The van der Waals surface area contributed by atoms with Crippen LogP contribution in [0.5, 0.6) is 0 Å². The third kappa shape index (κ3) is 7.23. The minimum absolute atomic E-state index is 0.112. The van der Waals surface area contributed by atoms with E-state index in [1.807, 2.05) is 0 Å². The Bertz CT molecular complexity index is 1900. The molecule has 5 rings (SSSR count). The van der Waals surface area contributed by atoms with Gasteiger partial charge in [0.1, 0.15) is 16.1 Å². The van der Waals surface area contributed by atoms with E-state index in [-0.39, 0.29) is 11.6 Å². The highest BCUT2D eigenvalue weighted by atomic mass is 32.1. The Kier molecular flexibility index (Phi) is 9.64. The number of fused-ring (bicyclic) bond motifs is 6. The molecular weight excluding hydrogens is 705 g/mol. The quantitative estimate of drug-likeness (QED) is 0.198. The molecule has 0 unspecified atom stereocenters. The first kappa shape index (κ1) is 40.4. The second kappa shape index (κ2) is 12.4. The van der Waals surface area contributed by atoms with Crippen LogP contribution in [0.25, 0.3) is 9.75 Å². The van der Waals surface area contributed by atoms with Crippen molar-refractivity contribution in [3.8, 4) is 32.7 Å². The van der Waals surface area contributed by atoms with E-state index in [1.54, 1.807) is 22.7 Å². The Balaban J connectivity index is 2.13. The largest absolute Gasteiger partial charge is 0.289 e. The first-order valence-corrected chi connectivity index (χ1v) is 27.3. The van der Waals surface area contributed by atoms with E-state index in [0.29, 0.717) is 0 Å². The molecule has 0 saturated carbocycles. The van der Waals surface area contributed by atoms with Crippen molar-refractivity contribution in [3.63, 3.8) is 0 Å². The van der Waals surface area contributed by atoms with E-state index in [4.69, 9.17) is 0 Å². The van der Waals surface area contributed by atoms with Crippen molar-refractivity contribution >= 4 is 50.4 Å². The summed E-state index contributed by atoms with van der Waals surface area (Å²) in [5.41, 5.74) is 9.54. The fourth-order valence-corrected chi connectivity index (χ4v) is 10.9. The normalized spacial score (nSPS) is 18.7. The first-order valence-electron chi connectivity index (χ1n) is 18.7. The van der Waals surface area contributed by atoms with Crippen molar-refractivity contribution in [2.75, 3.05) is 0 Å². The van der Waals surface area contributed by atoms with E-state index >= 15 is 0 Å². The molecule has 2 spiro atoms. The zero-order chi connectivity index (χ0) is 39.4. The highest BCUT2D eigenvalue weighted by Crippen LogP contribution is 2.66. The molecule has 276 valence electrons. The van der Waals surface area contributed by atoms with Gasteiger partial charge in [-0.25, -0.2) is 0 Å². The van der Waals surface area contributed by atoms with Gasteiger partial charge in [-0.2, -0.15) is 0 Å². The molecule has 0 bridgehead atoms. The minimum atomic E-state index is -1.68. The van der Waals surface area contributed by atoms with Gasteiger partial charge in [0.15, 0.2) is 11.6 Å². The number of thiophene rings is 2. The van der Waals surface area contributed by atoms with Crippen molar-refractivity contribution in [2.24, 2.45) is 21.7 Å². The average molecular weight is 765 g/mol. The van der Waals surface area contributed by atoms with Crippen LogP contribution < -0.4 is 0 Å². The Hall–Kier alpha value is -2.75. The summed E-state index contributed by atoms with van der Waals surface area (Å²) in [6, 6.07) is 4.64. The van der Waals surface area contributed by atoms with Crippen LogP contribution in [-0.2, 0) is 20.4 Å². The van der Waals surface area contributed by atoms with E-state index in [0.717, 1.165) is 43.2 Å². The summed E-state index contributed by atoms with van der Waals surface area (Å²) in [5.74, 6) is 7.47. The summed E-state index contributed by atoms with van der Waals surface area (Å²) in [7, 11) is -3.35. The van der Waals surface area contributed by atoms with Crippen LogP contribution in [0, 0.1) is 44.6 Å². The lowest BCUT2D eigenvalue weighted by molar-refractivity contribution is -0.115. The molecule has 0 N–H and O–H groups in total. The predicted octanol–water partition coefficient (Wildman–Crippen LogP) is 12.5. The number of carbonyl (C=O) groups excluding carboxylic acids is 2. The van der Waals surface area contributed by atoms with Crippen LogP contribution in [0.3, 0.4) is 0 Å². The second-order valence-electron chi connectivity index (χ2n) is 21.3. The first-order chi connectivity index (χ1) is 23.3. The summed E-state index contributed by atoms with van der Waals surface area (Å²) in [6.45, 7) is 39.6. The molecule has 3 aliphatic rings. The van der Waals surface area contributed by atoms with Gasteiger partial charge in [-0.3, -0.25) is 9.59 Å². The molecule has 2 aromatic rings. The molecule has 6 heteroatoms. The van der Waals surface area contributed by atoms with Gasteiger partial charge in [-0.05, 0) is 44.9 Å². The maximum atomic E-state index is 14.7. The third-order valence-corrected chi connectivity index (χ3v) is 14.1. The van der Waals surface area contributed by atoms with Crippen molar-refractivity contribution in [3.05, 3.63) is 79.6 Å². The number of ketones is 2. The van der Waals surface area contributed by atoms with Crippen LogP contribution in [-0.4, -0.2) is 27.7 Å². The lowest BCUT2D eigenvalue weighted by Gasteiger charge is -2.54. The minimum Gasteiger partial charge on any atom is -0.289 e. The zero-order valence-corrected chi connectivity index (χ0v) is 38.7. The van der Waals surface area contributed by atoms with E-state index in [9.17, 15) is 9.59 Å². The molecule has 2 nitrogen and oxygen atoms in total. The van der Waals surface area contributed by atoms with E-state index in [1.165, 1.54) is 9.75 Å². The molecule has 0 radical (unpaired) electrons. The van der Waals surface area contributed by atoms with Gasteiger partial charge < -0.3 is 0 Å². The standard InChI is InChI=1S/C46H60O2S2Si2/c1-41(2,3)33-25-45(26-34(37(33)47)42(4,5)6)31-23-29(19-21-51(13,14)15)49-39(31)40-32(24-30(50-40)20-22-52(16,17)18)46(45)27-35(43(7,8)9)38(48)36(28-46)44(10,11)12/h23-28H,1-18H3. The maximum Gasteiger partial charge on any atom is 0.185 e. The van der Waals surface area contributed by atoms with Crippen molar-refractivity contribution in [1.82, 2.24) is 0 Å². The lowest BCUT2D eigenvalue weighted by Crippen LogP contribution is -2.52. The molecule has 52 heavy (non-hydrogen) atoms. The Morgan fingerprint density at radius 2 is 0.731 bits per heavy atom. The smallest absolute Gasteiger partial charge is 0.185 e. The number of allylic oxidation sites excluding steroid dienone is 8. The molecule has 0 aliphatic heterocycles. The summed E-state index contributed by atoms with van der Waals surface area (Å²) < 4.78 is 0. The van der Waals surface area contributed by atoms with Crippen LogP contribution in [0.1, 0.15) is 104 Å². The highest BCUT2D eigenvalue weighted by molar-refractivity contribution is 7.23. The Morgan fingerprint density at radius 1 is 0.481 bits per heavy atom. The van der Waals surface area contributed by atoms with E-state index in [2.05, 4.69) is 182 Å². The number of Topliss-reactive ketones (excluding diaryl/α,β-unsaturated/α-hetero) is 2. The van der Waals surface area contributed by atoms with Crippen LogP contribution >= 0.6 is 22.7 Å². The van der Waals surface area contributed by atoms with Gasteiger partial charge in [0.05, 0.1) is 30.3 Å². The molecule has 0 aromatic carbocycles. The van der Waals surface area contributed by atoms with Gasteiger partial charge >= 0.3 is 0 Å². The predicted molar refractivity (Wildman–Crippen MR) is 232 cm³/mol.